The fraction of sp³-hybridized carbons (Fsp3) is 0.353. The van der Waals surface area contributed by atoms with Crippen LogP contribution in [0.1, 0.15) is 34.6 Å². The van der Waals surface area contributed by atoms with Gasteiger partial charge in [-0.15, -0.1) is 0 Å². The zero-order valence-electron chi connectivity index (χ0n) is 13.0. The monoisotopic (exact) mass is 296 g/mol. The van der Waals surface area contributed by atoms with E-state index in [1.165, 1.54) is 0 Å². The summed E-state index contributed by atoms with van der Waals surface area (Å²) >= 11 is 0. The second-order valence-corrected chi connectivity index (χ2v) is 5.71. The Kier molecular flexibility index (Phi) is 4.04. The van der Waals surface area contributed by atoms with E-state index in [4.69, 9.17) is 0 Å². The van der Waals surface area contributed by atoms with Crippen LogP contribution in [-0.2, 0) is 0 Å². The van der Waals surface area contributed by atoms with Crippen molar-refractivity contribution in [2.24, 2.45) is 0 Å². The van der Waals surface area contributed by atoms with Gasteiger partial charge in [0.1, 0.15) is 5.69 Å². The summed E-state index contributed by atoms with van der Waals surface area (Å²) in [5, 5.41) is 2.90. The predicted molar refractivity (Wildman–Crippen MR) is 87.3 cm³/mol. The van der Waals surface area contributed by atoms with E-state index in [-0.39, 0.29) is 5.91 Å². The number of hydrogen-bond donors (Lipinski definition) is 1. The molecular weight excluding hydrogens is 276 g/mol. The van der Waals surface area contributed by atoms with Crippen LogP contribution < -0.4 is 10.2 Å². The van der Waals surface area contributed by atoms with Gasteiger partial charge in [0.2, 0.25) is 5.95 Å². The normalized spacial score (nSPS) is 14.2. The van der Waals surface area contributed by atoms with Gasteiger partial charge in [-0.1, -0.05) is 12.1 Å². The van der Waals surface area contributed by atoms with Crippen molar-refractivity contribution in [1.82, 2.24) is 9.97 Å². The maximum absolute atomic E-state index is 12.4. The topological polar surface area (TPSA) is 58.1 Å². The minimum Gasteiger partial charge on any atom is -0.341 e. The van der Waals surface area contributed by atoms with Gasteiger partial charge in [-0.25, -0.2) is 9.97 Å². The van der Waals surface area contributed by atoms with Crippen molar-refractivity contribution >= 4 is 17.5 Å². The highest BCUT2D eigenvalue weighted by atomic mass is 16.1. The van der Waals surface area contributed by atoms with E-state index < -0.39 is 0 Å². The molecular formula is C17H20N4O. The van der Waals surface area contributed by atoms with Crippen LogP contribution in [0.2, 0.25) is 0 Å². The summed E-state index contributed by atoms with van der Waals surface area (Å²) in [6.45, 7) is 5.81. The first kappa shape index (κ1) is 14.5. The molecule has 1 amide bonds. The van der Waals surface area contributed by atoms with Crippen LogP contribution in [0.3, 0.4) is 0 Å². The highest BCUT2D eigenvalue weighted by Crippen LogP contribution is 2.17. The smallest absolute Gasteiger partial charge is 0.274 e. The predicted octanol–water partition coefficient (Wildman–Crippen LogP) is 2.95. The molecule has 1 fully saturated rings. The Bertz CT molecular complexity index is 693. The molecule has 3 rings (SSSR count). The molecule has 0 saturated carbocycles. The van der Waals surface area contributed by atoms with Gasteiger partial charge in [0.15, 0.2) is 0 Å². The summed E-state index contributed by atoms with van der Waals surface area (Å²) in [7, 11) is 0. The SMILES string of the molecule is Cc1cccc(NC(=O)c2cc(C)nc(N3CCCC3)n2)c1. The minimum absolute atomic E-state index is 0.198. The Labute approximate surface area is 130 Å². The Morgan fingerprint density at radius 3 is 2.64 bits per heavy atom. The van der Waals surface area contributed by atoms with Crippen LogP contribution in [0.5, 0.6) is 0 Å². The molecule has 2 heterocycles. The molecule has 1 aromatic heterocycles. The largest absolute Gasteiger partial charge is 0.341 e. The number of carbonyl (C=O) groups is 1. The van der Waals surface area contributed by atoms with Crippen molar-refractivity contribution in [2.75, 3.05) is 23.3 Å². The molecule has 0 aliphatic carbocycles. The quantitative estimate of drug-likeness (QED) is 0.946. The van der Waals surface area contributed by atoms with Crippen LogP contribution in [0.15, 0.2) is 30.3 Å². The van der Waals surface area contributed by atoms with Crippen LogP contribution in [0.4, 0.5) is 11.6 Å². The molecule has 114 valence electrons. The number of nitrogens with zero attached hydrogens (tertiary/aromatic N) is 3. The number of rotatable bonds is 3. The van der Waals surface area contributed by atoms with Gasteiger partial charge in [-0.05, 0) is 50.5 Å². The lowest BCUT2D eigenvalue weighted by molar-refractivity contribution is 0.102. The number of amides is 1. The average Bonchev–Trinajstić information content (AvgIpc) is 3.01. The molecule has 1 saturated heterocycles. The summed E-state index contributed by atoms with van der Waals surface area (Å²) < 4.78 is 0. The first-order chi connectivity index (χ1) is 10.6. The first-order valence-electron chi connectivity index (χ1n) is 7.60. The van der Waals surface area contributed by atoms with Gasteiger partial charge in [0, 0.05) is 24.5 Å². The van der Waals surface area contributed by atoms with E-state index >= 15 is 0 Å². The molecule has 1 aromatic carbocycles. The van der Waals surface area contributed by atoms with Gasteiger partial charge in [-0.2, -0.15) is 0 Å². The number of carbonyl (C=O) groups excluding carboxylic acids is 1. The Balaban J connectivity index is 1.82. The van der Waals surface area contributed by atoms with Gasteiger partial charge >= 0.3 is 0 Å². The van der Waals surface area contributed by atoms with Crippen molar-refractivity contribution in [1.29, 1.82) is 0 Å². The number of nitrogens with one attached hydrogen (secondary N) is 1. The highest BCUT2D eigenvalue weighted by Gasteiger charge is 2.18. The summed E-state index contributed by atoms with van der Waals surface area (Å²) in [6, 6.07) is 9.46. The van der Waals surface area contributed by atoms with Gasteiger partial charge in [-0.3, -0.25) is 4.79 Å². The van der Waals surface area contributed by atoms with Crippen molar-refractivity contribution in [3.8, 4) is 0 Å². The summed E-state index contributed by atoms with van der Waals surface area (Å²) in [5.74, 6) is 0.462. The standard InChI is InChI=1S/C17H20N4O/c1-12-6-5-7-14(10-12)19-16(22)15-11-13(2)18-17(20-15)21-8-3-4-9-21/h5-7,10-11H,3-4,8-9H2,1-2H3,(H,19,22). The molecule has 0 unspecified atom stereocenters. The van der Waals surface area contributed by atoms with E-state index in [0.29, 0.717) is 11.6 Å². The van der Waals surface area contributed by atoms with E-state index in [2.05, 4.69) is 20.2 Å². The maximum Gasteiger partial charge on any atom is 0.274 e. The molecule has 1 aliphatic rings. The molecule has 5 heteroatoms. The fourth-order valence-corrected chi connectivity index (χ4v) is 2.65. The second kappa shape index (κ2) is 6.13. The third kappa shape index (κ3) is 3.24. The molecule has 1 N–H and O–H groups in total. The molecule has 0 bridgehead atoms. The second-order valence-electron chi connectivity index (χ2n) is 5.71. The highest BCUT2D eigenvalue weighted by molar-refractivity contribution is 6.03. The van der Waals surface area contributed by atoms with E-state index in [1.807, 2.05) is 38.1 Å². The van der Waals surface area contributed by atoms with Crippen LogP contribution in [-0.4, -0.2) is 29.0 Å². The Morgan fingerprint density at radius 2 is 1.91 bits per heavy atom. The van der Waals surface area contributed by atoms with Crippen LogP contribution >= 0.6 is 0 Å². The molecule has 1 aliphatic heterocycles. The summed E-state index contributed by atoms with van der Waals surface area (Å²) in [6.07, 6.45) is 2.31. The van der Waals surface area contributed by atoms with Gasteiger partial charge < -0.3 is 10.2 Å². The van der Waals surface area contributed by atoms with Gasteiger partial charge in [0.25, 0.3) is 5.91 Å². The maximum atomic E-state index is 12.4. The Morgan fingerprint density at radius 1 is 1.14 bits per heavy atom. The third-order valence-electron chi connectivity index (χ3n) is 3.74. The van der Waals surface area contributed by atoms with E-state index in [1.54, 1.807) is 6.07 Å². The van der Waals surface area contributed by atoms with Crippen LogP contribution in [0.25, 0.3) is 0 Å². The van der Waals surface area contributed by atoms with Crippen molar-refractivity contribution in [2.45, 2.75) is 26.7 Å². The number of aromatic nitrogens is 2. The lowest BCUT2D eigenvalue weighted by Gasteiger charge is -2.16. The molecule has 0 atom stereocenters. The van der Waals surface area contributed by atoms with Crippen molar-refractivity contribution < 1.29 is 4.79 Å². The van der Waals surface area contributed by atoms with Crippen LogP contribution in [0, 0.1) is 13.8 Å². The zero-order valence-corrected chi connectivity index (χ0v) is 13.0. The molecule has 0 spiro atoms. The molecule has 2 aromatic rings. The summed E-state index contributed by atoms with van der Waals surface area (Å²) in [4.78, 5) is 23.5. The van der Waals surface area contributed by atoms with Crippen molar-refractivity contribution in [3.05, 3.63) is 47.3 Å². The molecule has 0 radical (unpaired) electrons. The number of benzene rings is 1. The molecule has 5 nitrogen and oxygen atoms in total. The number of aryl methyl sites for hydroxylation is 2. The van der Waals surface area contributed by atoms with E-state index in [0.717, 1.165) is 42.9 Å². The van der Waals surface area contributed by atoms with Gasteiger partial charge in [0.05, 0.1) is 0 Å². The zero-order chi connectivity index (χ0) is 15.5. The molecule has 22 heavy (non-hydrogen) atoms. The number of anilines is 2. The lowest BCUT2D eigenvalue weighted by atomic mass is 10.2. The fourth-order valence-electron chi connectivity index (χ4n) is 2.65. The average molecular weight is 296 g/mol. The minimum atomic E-state index is -0.198. The Hall–Kier alpha value is -2.43. The number of hydrogen-bond acceptors (Lipinski definition) is 4. The van der Waals surface area contributed by atoms with E-state index in [9.17, 15) is 4.79 Å². The van der Waals surface area contributed by atoms with Crippen molar-refractivity contribution in [3.63, 3.8) is 0 Å². The third-order valence-corrected chi connectivity index (χ3v) is 3.74. The lowest BCUT2D eigenvalue weighted by Crippen LogP contribution is -2.23. The first-order valence-corrected chi connectivity index (χ1v) is 7.60. The summed E-state index contributed by atoms with van der Waals surface area (Å²) in [5.41, 5.74) is 3.11.